The molecule has 0 atom stereocenters. The average Bonchev–Trinajstić information content (AvgIpc) is 3.52. The molecule has 1 aromatic heterocycles. The second-order valence-corrected chi connectivity index (χ2v) is 9.55. The minimum Gasteiger partial charge on any atom is -0.379 e. The molecule has 162 valence electrons. The summed E-state index contributed by atoms with van der Waals surface area (Å²) in [6, 6.07) is 11.3. The quantitative estimate of drug-likeness (QED) is 0.764. The van der Waals surface area contributed by atoms with Crippen molar-refractivity contribution in [2.45, 2.75) is 24.8 Å². The van der Waals surface area contributed by atoms with E-state index in [0.29, 0.717) is 0 Å². The Bertz CT molecular complexity index is 981. The molecule has 4 aliphatic rings. The summed E-state index contributed by atoms with van der Waals surface area (Å²) in [5.41, 5.74) is 8.33. The van der Waals surface area contributed by atoms with Crippen LogP contribution in [0, 0.1) is 0 Å². The molecule has 1 saturated carbocycles. The molecule has 1 aromatic carbocycles. The highest BCUT2D eigenvalue weighted by atomic mass is 16.5. The third kappa shape index (κ3) is 3.49. The van der Waals surface area contributed by atoms with E-state index in [1.54, 1.807) is 5.57 Å². The fourth-order valence-electron chi connectivity index (χ4n) is 5.63. The summed E-state index contributed by atoms with van der Waals surface area (Å²) in [5, 5.41) is 0. The first-order valence-corrected chi connectivity index (χ1v) is 11.8. The van der Waals surface area contributed by atoms with Gasteiger partial charge < -0.3 is 14.5 Å². The van der Waals surface area contributed by atoms with Crippen LogP contribution in [0.5, 0.6) is 0 Å². The number of nitrogens with zero attached hydrogens (tertiary/aromatic N) is 4. The smallest absolute Gasteiger partial charge is 0.0777 e. The van der Waals surface area contributed by atoms with Gasteiger partial charge in [0.15, 0.2) is 0 Å². The Morgan fingerprint density at radius 3 is 2.35 bits per heavy atom. The Hall–Kier alpha value is -2.21. The van der Waals surface area contributed by atoms with Gasteiger partial charge in [-0.2, -0.15) is 0 Å². The largest absolute Gasteiger partial charge is 0.379 e. The number of hydrogen-bond acceptors (Lipinski definition) is 5. The van der Waals surface area contributed by atoms with Gasteiger partial charge in [0.25, 0.3) is 0 Å². The van der Waals surface area contributed by atoms with E-state index < -0.39 is 0 Å². The van der Waals surface area contributed by atoms with Crippen LogP contribution in [0.4, 0.5) is 5.69 Å². The molecule has 0 N–H and O–H groups in total. The van der Waals surface area contributed by atoms with E-state index in [-0.39, 0.29) is 5.54 Å². The third-order valence-corrected chi connectivity index (χ3v) is 7.73. The fourth-order valence-corrected chi connectivity index (χ4v) is 5.63. The van der Waals surface area contributed by atoms with E-state index in [1.807, 2.05) is 6.20 Å². The van der Waals surface area contributed by atoms with Crippen LogP contribution in [0.3, 0.4) is 0 Å². The van der Waals surface area contributed by atoms with Crippen molar-refractivity contribution in [3.05, 3.63) is 53.2 Å². The van der Waals surface area contributed by atoms with Gasteiger partial charge in [-0.05, 0) is 55.6 Å². The summed E-state index contributed by atoms with van der Waals surface area (Å²) in [6.45, 7) is 8.33. The predicted molar refractivity (Wildman–Crippen MR) is 125 cm³/mol. The van der Waals surface area contributed by atoms with Gasteiger partial charge >= 0.3 is 0 Å². The van der Waals surface area contributed by atoms with E-state index >= 15 is 0 Å². The summed E-state index contributed by atoms with van der Waals surface area (Å²) in [5.74, 6) is 0. The SMILES string of the molecule is CN1CCN(c2ccc(-c3nccc4c3C=C(C3(N5CCOCC5)CC3)C4)cc2)CC1. The van der Waals surface area contributed by atoms with Gasteiger partial charge in [0.1, 0.15) is 0 Å². The highest BCUT2D eigenvalue weighted by molar-refractivity contribution is 5.80. The lowest BCUT2D eigenvalue weighted by Crippen LogP contribution is -2.46. The summed E-state index contributed by atoms with van der Waals surface area (Å²) in [7, 11) is 2.20. The van der Waals surface area contributed by atoms with Crippen molar-refractivity contribution >= 4 is 11.8 Å². The van der Waals surface area contributed by atoms with E-state index in [2.05, 4.69) is 58.2 Å². The molecule has 2 aliphatic carbocycles. The molecule has 0 bridgehead atoms. The highest BCUT2D eigenvalue weighted by Crippen LogP contribution is 2.52. The molecule has 31 heavy (non-hydrogen) atoms. The van der Waals surface area contributed by atoms with Gasteiger partial charge in [-0.25, -0.2) is 0 Å². The van der Waals surface area contributed by atoms with Gasteiger partial charge in [-0.3, -0.25) is 9.88 Å². The van der Waals surface area contributed by atoms with Gasteiger partial charge in [-0.1, -0.05) is 18.2 Å². The molecule has 3 heterocycles. The molecule has 0 spiro atoms. The van der Waals surface area contributed by atoms with E-state index in [9.17, 15) is 0 Å². The van der Waals surface area contributed by atoms with Gasteiger partial charge in [0.05, 0.1) is 18.9 Å². The minimum atomic E-state index is 0.283. The summed E-state index contributed by atoms with van der Waals surface area (Å²) >= 11 is 0. The van der Waals surface area contributed by atoms with Crippen LogP contribution in [0.25, 0.3) is 17.3 Å². The van der Waals surface area contributed by atoms with Gasteiger partial charge in [0, 0.05) is 67.8 Å². The monoisotopic (exact) mass is 416 g/mol. The summed E-state index contributed by atoms with van der Waals surface area (Å²) in [6.07, 6.45) is 8.11. The molecule has 2 saturated heterocycles. The number of hydrogen-bond donors (Lipinski definition) is 0. The maximum absolute atomic E-state index is 5.61. The first kappa shape index (κ1) is 19.5. The van der Waals surface area contributed by atoms with Crippen molar-refractivity contribution in [3.63, 3.8) is 0 Å². The minimum absolute atomic E-state index is 0.283. The van der Waals surface area contributed by atoms with E-state index in [0.717, 1.165) is 64.6 Å². The zero-order valence-corrected chi connectivity index (χ0v) is 18.5. The molecule has 2 aromatic rings. The maximum Gasteiger partial charge on any atom is 0.0777 e. The zero-order valence-electron chi connectivity index (χ0n) is 18.5. The maximum atomic E-state index is 5.61. The van der Waals surface area contributed by atoms with Crippen molar-refractivity contribution in [3.8, 4) is 11.3 Å². The molecular weight excluding hydrogens is 384 g/mol. The number of benzene rings is 1. The number of piperazine rings is 1. The molecule has 0 amide bonds. The Kier molecular flexibility index (Phi) is 4.86. The van der Waals surface area contributed by atoms with Crippen LogP contribution in [0.15, 0.2) is 42.1 Å². The first-order valence-electron chi connectivity index (χ1n) is 11.8. The second-order valence-electron chi connectivity index (χ2n) is 9.55. The average molecular weight is 417 g/mol. The van der Waals surface area contributed by atoms with Crippen LogP contribution in [0.1, 0.15) is 24.0 Å². The molecule has 5 nitrogen and oxygen atoms in total. The van der Waals surface area contributed by atoms with E-state index in [4.69, 9.17) is 9.72 Å². The summed E-state index contributed by atoms with van der Waals surface area (Å²) in [4.78, 5) is 12.4. The van der Waals surface area contributed by atoms with Crippen LogP contribution < -0.4 is 4.90 Å². The Labute approximate surface area is 185 Å². The lowest BCUT2D eigenvalue weighted by Gasteiger charge is -2.36. The van der Waals surface area contributed by atoms with Crippen LogP contribution >= 0.6 is 0 Å². The number of aromatic nitrogens is 1. The van der Waals surface area contributed by atoms with Crippen LogP contribution in [-0.2, 0) is 11.2 Å². The molecule has 3 fully saturated rings. The second kappa shape index (κ2) is 7.73. The predicted octanol–water partition coefficient (Wildman–Crippen LogP) is 3.30. The normalized spacial score (nSPS) is 23.5. The number of morpholine rings is 1. The first-order chi connectivity index (χ1) is 15.2. The Morgan fingerprint density at radius 1 is 0.903 bits per heavy atom. The Morgan fingerprint density at radius 2 is 1.65 bits per heavy atom. The van der Waals surface area contributed by atoms with Gasteiger partial charge in [-0.15, -0.1) is 0 Å². The van der Waals surface area contributed by atoms with Crippen molar-refractivity contribution < 1.29 is 4.74 Å². The van der Waals surface area contributed by atoms with Gasteiger partial charge in [0.2, 0.25) is 0 Å². The van der Waals surface area contributed by atoms with Crippen molar-refractivity contribution in [1.82, 2.24) is 14.8 Å². The van der Waals surface area contributed by atoms with Crippen molar-refractivity contribution in [2.75, 3.05) is 64.4 Å². The topological polar surface area (TPSA) is 31.8 Å². The zero-order chi connectivity index (χ0) is 20.8. The number of ether oxygens (including phenoxy) is 1. The number of anilines is 1. The molecule has 5 heteroatoms. The van der Waals surface area contributed by atoms with E-state index in [1.165, 1.54) is 35.2 Å². The molecule has 6 rings (SSSR count). The van der Waals surface area contributed by atoms with Crippen LogP contribution in [0.2, 0.25) is 0 Å². The standard InChI is InChI=1S/C26H32N4O/c1-28-10-12-29(13-11-28)23-4-2-20(3-5-23)25-24-19-22(18-21(24)6-9-27-25)26(7-8-26)30-14-16-31-17-15-30/h2-6,9,19H,7-8,10-18H2,1H3. The fraction of sp³-hybridized carbons (Fsp3) is 0.500. The number of pyridine rings is 1. The number of fused-ring (bicyclic) bond motifs is 1. The molecule has 0 radical (unpaired) electrons. The molecule has 2 aliphatic heterocycles. The molecular formula is C26H32N4O. The number of rotatable bonds is 4. The molecule has 0 unspecified atom stereocenters. The number of likely N-dealkylation sites (N-methyl/N-ethyl adjacent to an activating group) is 1. The highest BCUT2D eigenvalue weighted by Gasteiger charge is 2.51. The lowest BCUT2D eigenvalue weighted by atomic mass is 10.00. The third-order valence-electron chi connectivity index (χ3n) is 7.73. The summed E-state index contributed by atoms with van der Waals surface area (Å²) < 4.78 is 5.61. The lowest BCUT2D eigenvalue weighted by molar-refractivity contribution is 0.0176. The van der Waals surface area contributed by atoms with Crippen molar-refractivity contribution in [1.29, 1.82) is 0 Å². The van der Waals surface area contributed by atoms with Crippen molar-refractivity contribution in [2.24, 2.45) is 0 Å². The Balaban J connectivity index is 1.26. The van der Waals surface area contributed by atoms with Crippen LogP contribution in [-0.4, -0.2) is 79.9 Å².